The van der Waals surface area contributed by atoms with Crippen molar-refractivity contribution in [3.8, 4) is 0 Å². The van der Waals surface area contributed by atoms with E-state index >= 15 is 0 Å². The van der Waals surface area contributed by atoms with Gasteiger partial charge in [-0.05, 0) is 20.4 Å². The molecule has 0 amide bonds. The van der Waals surface area contributed by atoms with E-state index in [4.69, 9.17) is 0 Å². The second-order valence-electron chi connectivity index (χ2n) is 3.86. The van der Waals surface area contributed by atoms with Gasteiger partial charge in [0.1, 0.15) is 0 Å². The molecule has 4 heteroatoms. The molecule has 1 aliphatic heterocycles. The van der Waals surface area contributed by atoms with Crippen LogP contribution in [-0.4, -0.2) is 53.3 Å². The van der Waals surface area contributed by atoms with Crippen LogP contribution < -0.4 is 5.32 Å². The number of hydrogen-bond acceptors (Lipinski definition) is 3. The molecular weight excluding hydrogens is 184 g/mol. The van der Waals surface area contributed by atoms with Gasteiger partial charge in [0.25, 0.3) is 0 Å². The first kappa shape index (κ1) is 11.1. The van der Waals surface area contributed by atoms with Crippen molar-refractivity contribution in [1.29, 1.82) is 0 Å². The van der Waals surface area contributed by atoms with E-state index in [9.17, 15) is 4.21 Å². The first-order valence-corrected chi connectivity index (χ1v) is 6.57. The van der Waals surface area contributed by atoms with Gasteiger partial charge in [0.2, 0.25) is 0 Å². The zero-order chi connectivity index (χ0) is 9.84. The van der Waals surface area contributed by atoms with Crippen molar-refractivity contribution in [3.63, 3.8) is 0 Å². The van der Waals surface area contributed by atoms with Gasteiger partial charge in [-0.25, -0.2) is 0 Å². The zero-order valence-corrected chi connectivity index (χ0v) is 9.56. The third-order valence-electron chi connectivity index (χ3n) is 2.73. The topological polar surface area (TPSA) is 32.3 Å². The fourth-order valence-electron chi connectivity index (χ4n) is 1.87. The highest BCUT2D eigenvalue weighted by Crippen LogP contribution is 2.12. The van der Waals surface area contributed by atoms with Crippen LogP contribution in [0, 0.1) is 0 Å². The number of hydrogen-bond donors (Lipinski definition) is 1. The van der Waals surface area contributed by atoms with E-state index in [0.717, 1.165) is 18.8 Å². The van der Waals surface area contributed by atoms with Gasteiger partial charge >= 0.3 is 0 Å². The molecule has 13 heavy (non-hydrogen) atoms. The summed E-state index contributed by atoms with van der Waals surface area (Å²) in [4.78, 5) is 2.42. The summed E-state index contributed by atoms with van der Waals surface area (Å²) in [5.74, 6) is 0.802. The molecule has 1 saturated heterocycles. The quantitative estimate of drug-likeness (QED) is 0.702. The van der Waals surface area contributed by atoms with Gasteiger partial charge in [-0.1, -0.05) is 0 Å². The Morgan fingerprint density at radius 2 is 2.38 bits per heavy atom. The van der Waals surface area contributed by atoms with Gasteiger partial charge in [-0.15, -0.1) is 0 Å². The van der Waals surface area contributed by atoms with Crippen molar-refractivity contribution in [1.82, 2.24) is 10.2 Å². The molecule has 0 saturated carbocycles. The summed E-state index contributed by atoms with van der Waals surface area (Å²) in [7, 11) is 1.34. The number of nitrogens with one attached hydrogen (secondary N) is 1. The summed E-state index contributed by atoms with van der Waals surface area (Å²) in [6.07, 6.45) is 3.00. The Balaban J connectivity index is 2.32. The maximum absolute atomic E-state index is 11.0. The van der Waals surface area contributed by atoms with Crippen LogP contribution in [0.2, 0.25) is 0 Å². The molecule has 0 aromatic carbocycles. The van der Waals surface area contributed by atoms with Gasteiger partial charge in [0, 0.05) is 48.0 Å². The SMILES string of the molecule is CNC1CCN(C(C)CS(C)=O)C1. The van der Waals surface area contributed by atoms with Crippen LogP contribution in [0.1, 0.15) is 13.3 Å². The lowest BCUT2D eigenvalue weighted by molar-refractivity contribution is 0.272. The Bertz CT molecular complexity index is 186. The minimum Gasteiger partial charge on any atom is -0.316 e. The molecule has 0 aromatic heterocycles. The standard InChI is InChI=1S/C9H20N2OS/c1-8(7-13(3)12)11-5-4-9(6-11)10-2/h8-10H,4-7H2,1-3H3. The van der Waals surface area contributed by atoms with Crippen LogP contribution in [0.4, 0.5) is 0 Å². The number of likely N-dealkylation sites (N-methyl/N-ethyl adjacent to an activating group) is 1. The summed E-state index contributed by atoms with van der Waals surface area (Å²) < 4.78 is 11.0. The fourth-order valence-corrected chi connectivity index (χ4v) is 2.76. The smallest absolute Gasteiger partial charge is 0.0385 e. The molecule has 3 atom stereocenters. The molecule has 0 radical (unpaired) electrons. The molecule has 0 aromatic rings. The van der Waals surface area contributed by atoms with Gasteiger partial charge < -0.3 is 5.32 Å². The fraction of sp³-hybridized carbons (Fsp3) is 1.00. The average molecular weight is 204 g/mol. The second-order valence-corrected chi connectivity index (χ2v) is 5.34. The maximum Gasteiger partial charge on any atom is 0.0385 e. The predicted molar refractivity (Wildman–Crippen MR) is 57.4 cm³/mol. The highest BCUT2D eigenvalue weighted by atomic mass is 32.2. The molecule has 3 unspecified atom stereocenters. The minimum atomic E-state index is -0.667. The lowest BCUT2D eigenvalue weighted by atomic mass is 10.3. The van der Waals surface area contributed by atoms with Gasteiger partial charge in [-0.3, -0.25) is 9.11 Å². The molecule has 1 rings (SSSR count). The van der Waals surface area contributed by atoms with Gasteiger partial charge in [0.15, 0.2) is 0 Å². The van der Waals surface area contributed by atoms with Crippen molar-refractivity contribution in [3.05, 3.63) is 0 Å². The van der Waals surface area contributed by atoms with Crippen molar-refractivity contribution in [2.24, 2.45) is 0 Å². The Morgan fingerprint density at radius 1 is 1.69 bits per heavy atom. The van der Waals surface area contributed by atoms with E-state index in [0.29, 0.717) is 12.1 Å². The van der Waals surface area contributed by atoms with Crippen molar-refractivity contribution in [2.75, 3.05) is 32.1 Å². The molecular formula is C9H20N2OS. The van der Waals surface area contributed by atoms with Crippen LogP contribution in [0.5, 0.6) is 0 Å². The number of nitrogens with zero attached hydrogens (tertiary/aromatic N) is 1. The van der Waals surface area contributed by atoms with Gasteiger partial charge in [-0.2, -0.15) is 0 Å². The Labute approximate surface area is 83.3 Å². The van der Waals surface area contributed by atoms with E-state index in [1.807, 2.05) is 7.05 Å². The summed E-state index contributed by atoms with van der Waals surface area (Å²) in [6, 6.07) is 1.09. The largest absolute Gasteiger partial charge is 0.316 e. The van der Waals surface area contributed by atoms with Crippen molar-refractivity contribution < 1.29 is 4.21 Å². The van der Waals surface area contributed by atoms with E-state index < -0.39 is 10.8 Å². The molecule has 1 fully saturated rings. The monoisotopic (exact) mass is 204 g/mol. The minimum absolute atomic E-state index is 0.462. The highest BCUT2D eigenvalue weighted by molar-refractivity contribution is 7.84. The third kappa shape index (κ3) is 3.37. The summed E-state index contributed by atoms with van der Waals surface area (Å²) in [6.45, 7) is 4.41. The molecule has 1 heterocycles. The molecule has 0 spiro atoms. The van der Waals surface area contributed by atoms with Crippen molar-refractivity contribution >= 4 is 10.8 Å². The average Bonchev–Trinajstić information content (AvgIpc) is 2.50. The number of likely N-dealkylation sites (tertiary alicyclic amines) is 1. The van der Waals surface area contributed by atoms with Gasteiger partial charge in [0.05, 0.1) is 0 Å². The Hall–Kier alpha value is 0.0700. The second kappa shape index (κ2) is 5.08. The summed E-state index contributed by atoms with van der Waals surface area (Å²) >= 11 is 0. The summed E-state index contributed by atoms with van der Waals surface area (Å²) in [5, 5.41) is 3.28. The first-order chi connectivity index (χ1) is 6.13. The zero-order valence-electron chi connectivity index (χ0n) is 8.75. The first-order valence-electron chi connectivity index (χ1n) is 4.85. The van der Waals surface area contributed by atoms with Crippen LogP contribution in [0.25, 0.3) is 0 Å². The van der Waals surface area contributed by atoms with E-state index in [1.165, 1.54) is 6.42 Å². The van der Waals surface area contributed by atoms with E-state index in [1.54, 1.807) is 6.26 Å². The van der Waals surface area contributed by atoms with Crippen LogP contribution >= 0.6 is 0 Å². The molecule has 78 valence electrons. The van der Waals surface area contributed by atoms with Crippen LogP contribution in [0.15, 0.2) is 0 Å². The van der Waals surface area contributed by atoms with E-state index in [2.05, 4.69) is 17.1 Å². The molecule has 1 aliphatic rings. The normalized spacial score (nSPS) is 29.0. The van der Waals surface area contributed by atoms with Crippen LogP contribution in [0.3, 0.4) is 0 Å². The molecule has 3 nitrogen and oxygen atoms in total. The van der Waals surface area contributed by atoms with Crippen LogP contribution in [-0.2, 0) is 10.8 Å². The highest BCUT2D eigenvalue weighted by Gasteiger charge is 2.24. The Morgan fingerprint density at radius 3 is 2.85 bits per heavy atom. The van der Waals surface area contributed by atoms with E-state index in [-0.39, 0.29) is 0 Å². The third-order valence-corrected chi connectivity index (χ3v) is 3.68. The lowest BCUT2D eigenvalue weighted by Gasteiger charge is -2.23. The lowest BCUT2D eigenvalue weighted by Crippen LogP contribution is -2.37. The molecule has 0 bridgehead atoms. The molecule has 0 aliphatic carbocycles. The van der Waals surface area contributed by atoms with Crippen molar-refractivity contribution in [2.45, 2.75) is 25.4 Å². The number of rotatable bonds is 4. The Kier molecular flexibility index (Phi) is 4.35. The summed E-state index contributed by atoms with van der Waals surface area (Å²) in [5.41, 5.74) is 0. The predicted octanol–water partition coefficient (Wildman–Crippen LogP) is 0.0471. The molecule has 1 N–H and O–H groups in total. The maximum atomic E-state index is 11.0.